The van der Waals surface area contributed by atoms with Crippen LogP contribution in [0.25, 0.3) is 0 Å². The molecular weight excluding hydrogens is 912 g/mol. The summed E-state index contributed by atoms with van der Waals surface area (Å²) in [7, 11) is 1.27. The number of hydrogen-bond donors (Lipinski definition) is 2. The molecule has 0 aliphatic rings. The van der Waals surface area contributed by atoms with Crippen molar-refractivity contribution in [3.8, 4) is 0 Å². The van der Waals surface area contributed by atoms with Crippen molar-refractivity contribution in [2.75, 3.05) is 40.9 Å². The van der Waals surface area contributed by atoms with Crippen LogP contribution in [0.2, 0.25) is 0 Å². The van der Waals surface area contributed by atoms with Crippen LogP contribution in [0.3, 0.4) is 0 Å². The third kappa shape index (κ3) is 55.9. The van der Waals surface area contributed by atoms with Crippen LogP contribution in [0.4, 0.5) is 0 Å². The fourth-order valence-corrected chi connectivity index (χ4v) is 9.69. The average Bonchev–Trinajstić information content (AvgIpc) is 3.34. The number of unbranched alkanes of at least 4 members (excludes halogenated alkanes) is 35. The largest absolute Gasteiger partial charge is 0.756 e. The van der Waals surface area contributed by atoms with Gasteiger partial charge in [-0.15, -0.1) is 0 Å². The second-order valence-corrected chi connectivity index (χ2v) is 23.4. The molecule has 0 rings (SSSR count). The van der Waals surface area contributed by atoms with Gasteiger partial charge in [0.1, 0.15) is 13.2 Å². The number of aliphatic hydroxyl groups excluding tert-OH is 1. The first kappa shape index (κ1) is 70.2. The van der Waals surface area contributed by atoms with Crippen LogP contribution in [0.15, 0.2) is 60.8 Å². The molecule has 9 heteroatoms. The maximum absolute atomic E-state index is 13.0. The monoisotopic (exact) mass is 1030 g/mol. The molecule has 0 heterocycles. The van der Waals surface area contributed by atoms with E-state index in [1.807, 2.05) is 27.2 Å². The first-order valence-electron chi connectivity index (χ1n) is 30.7. The predicted octanol–water partition coefficient (Wildman–Crippen LogP) is 18.2. The minimum atomic E-state index is -4.59. The van der Waals surface area contributed by atoms with Crippen LogP contribution >= 0.6 is 7.82 Å². The highest BCUT2D eigenvalue weighted by Gasteiger charge is 2.23. The molecule has 3 unspecified atom stereocenters. The van der Waals surface area contributed by atoms with E-state index in [1.54, 1.807) is 6.08 Å². The molecule has 0 aromatic rings. The molecule has 0 radical (unpaired) electrons. The van der Waals surface area contributed by atoms with Crippen LogP contribution in [0, 0.1) is 0 Å². The highest BCUT2D eigenvalue weighted by Crippen LogP contribution is 2.38. The Hall–Kier alpha value is -1.80. The smallest absolute Gasteiger partial charge is 0.268 e. The summed E-state index contributed by atoms with van der Waals surface area (Å²) in [5, 5.41) is 13.9. The number of carbonyl (C=O) groups excluding carboxylic acids is 1. The van der Waals surface area contributed by atoms with Crippen LogP contribution in [-0.4, -0.2) is 68.5 Å². The fraction of sp³-hybridized carbons (Fsp3) is 0.825. The lowest BCUT2D eigenvalue weighted by Gasteiger charge is -2.29. The van der Waals surface area contributed by atoms with E-state index in [-0.39, 0.29) is 19.1 Å². The van der Waals surface area contributed by atoms with Gasteiger partial charge in [-0.3, -0.25) is 9.36 Å². The summed E-state index contributed by atoms with van der Waals surface area (Å²) < 4.78 is 23.3. The molecule has 0 aromatic carbocycles. The average molecular weight is 1030 g/mol. The molecule has 0 aliphatic heterocycles. The molecule has 0 aliphatic carbocycles. The maximum Gasteiger partial charge on any atom is 0.268 e. The van der Waals surface area contributed by atoms with Gasteiger partial charge in [0, 0.05) is 6.42 Å². The number of allylic oxidation sites excluding steroid dienone is 9. The third-order valence-corrected chi connectivity index (χ3v) is 14.7. The van der Waals surface area contributed by atoms with E-state index in [4.69, 9.17) is 9.05 Å². The minimum absolute atomic E-state index is 0.000223. The normalized spacial score (nSPS) is 14.3. The van der Waals surface area contributed by atoms with Crippen molar-refractivity contribution in [1.82, 2.24) is 5.32 Å². The van der Waals surface area contributed by atoms with E-state index in [1.165, 1.54) is 199 Å². The van der Waals surface area contributed by atoms with Crippen LogP contribution in [0.1, 0.15) is 284 Å². The van der Waals surface area contributed by atoms with Crippen molar-refractivity contribution in [2.24, 2.45) is 0 Å². The number of amides is 1. The molecule has 8 nitrogen and oxygen atoms in total. The molecule has 1 amide bonds. The number of aliphatic hydroxyl groups is 1. The third-order valence-electron chi connectivity index (χ3n) is 13.7. The number of carbonyl (C=O) groups is 1. The second kappa shape index (κ2) is 54.0. The van der Waals surface area contributed by atoms with Gasteiger partial charge < -0.3 is 28.8 Å². The summed E-state index contributed by atoms with van der Waals surface area (Å²) in [5.74, 6) is -0.194. The van der Waals surface area contributed by atoms with Crippen molar-refractivity contribution in [1.29, 1.82) is 0 Å². The zero-order valence-electron chi connectivity index (χ0n) is 48.1. The standard InChI is InChI=1S/C63H119N2O6P/c1-6-8-10-12-14-16-18-20-22-23-24-25-26-27-28-29-30-31-32-33-34-35-36-37-38-39-40-41-43-45-47-49-51-53-55-57-63(67)64-61(60-71-72(68,69)70-59-58-65(3,4)5)62(66)56-54-52-50-48-46-44-42-21-19-17-15-13-11-9-7-2/h8,10,14,16,20,22,24-25,54,56,61-62,66H,6-7,9,11-13,15,17-19,21,23,26-53,55,57-60H2,1-5H3,(H-,64,67,68,69)/b10-8-,16-14-,22-20-,25-24-,56-54+. The van der Waals surface area contributed by atoms with Gasteiger partial charge in [-0.25, -0.2) is 0 Å². The number of nitrogens with zero attached hydrogens (tertiary/aromatic N) is 1. The molecule has 0 aromatic heterocycles. The van der Waals surface area contributed by atoms with Crippen LogP contribution in [-0.2, 0) is 18.4 Å². The Morgan fingerprint density at radius 2 is 0.847 bits per heavy atom. The van der Waals surface area contributed by atoms with E-state index >= 15 is 0 Å². The van der Waals surface area contributed by atoms with Gasteiger partial charge in [0.15, 0.2) is 0 Å². The van der Waals surface area contributed by atoms with Gasteiger partial charge in [0.05, 0.1) is 39.9 Å². The first-order valence-corrected chi connectivity index (χ1v) is 32.1. The molecule has 0 saturated carbocycles. The van der Waals surface area contributed by atoms with Crippen molar-refractivity contribution >= 4 is 13.7 Å². The zero-order valence-corrected chi connectivity index (χ0v) is 49.0. The highest BCUT2D eigenvalue weighted by molar-refractivity contribution is 7.45. The summed E-state index contributed by atoms with van der Waals surface area (Å²) >= 11 is 0. The van der Waals surface area contributed by atoms with E-state index in [2.05, 4.69) is 67.8 Å². The van der Waals surface area contributed by atoms with Crippen molar-refractivity contribution in [3.63, 3.8) is 0 Å². The number of quaternary nitrogens is 1. The van der Waals surface area contributed by atoms with Gasteiger partial charge in [0.25, 0.3) is 7.82 Å². The van der Waals surface area contributed by atoms with Crippen LogP contribution in [0.5, 0.6) is 0 Å². The topological polar surface area (TPSA) is 108 Å². The molecule has 0 saturated heterocycles. The van der Waals surface area contributed by atoms with E-state index < -0.39 is 20.0 Å². The van der Waals surface area contributed by atoms with Gasteiger partial charge >= 0.3 is 0 Å². The Kier molecular flexibility index (Phi) is 52.7. The fourth-order valence-electron chi connectivity index (χ4n) is 8.97. The van der Waals surface area contributed by atoms with Gasteiger partial charge in [0.2, 0.25) is 5.91 Å². The summed E-state index contributed by atoms with van der Waals surface area (Å²) in [6.07, 6.45) is 73.2. The van der Waals surface area contributed by atoms with Crippen molar-refractivity contribution in [3.05, 3.63) is 60.8 Å². The Morgan fingerprint density at radius 1 is 0.500 bits per heavy atom. The highest BCUT2D eigenvalue weighted by atomic mass is 31.2. The van der Waals surface area contributed by atoms with E-state index in [0.717, 1.165) is 64.2 Å². The summed E-state index contributed by atoms with van der Waals surface area (Å²) in [6.45, 7) is 4.56. The number of phosphoric ester groups is 1. The molecule has 3 atom stereocenters. The summed E-state index contributed by atoms with van der Waals surface area (Å²) in [5.41, 5.74) is 0. The minimum Gasteiger partial charge on any atom is -0.756 e. The molecule has 72 heavy (non-hydrogen) atoms. The van der Waals surface area contributed by atoms with Gasteiger partial charge in [-0.2, -0.15) is 0 Å². The number of rotatable bonds is 56. The molecule has 2 N–H and O–H groups in total. The van der Waals surface area contributed by atoms with Gasteiger partial charge in [-0.05, 0) is 57.8 Å². The maximum atomic E-state index is 13.0. The lowest BCUT2D eigenvalue weighted by atomic mass is 10.0. The Morgan fingerprint density at radius 3 is 1.24 bits per heavy atom. The van der Waals surface area contributed by atoms with Gasteiger partial charge in [-0.1, -0.05) is 280 Å². The number of hydrogen-bond acceptors (Lipinski definition) is 6. The Bertz CT molecular complexity index is 1360. The van der Waals surface area contributed by atoms with Crippen molar-refractivity contribution in [2.45, 2.75) is 296 Å². The van der Waals surface area contributed by atoms with Crippen LogP contribution < -0.4 is 10.2 Å². The summed E-state index contributed by atoms with van der Waals surface area (Å²) in [6, 6.07) is -0.886. The lowest BCUT2D eigenvalue weighted by Crippen LogP contribution is -2.45. The molecule has 0 bridgehead atoms. The number of phosphoric acid groups is 1. The Balaban J connectivity index is 3.98. The second-order valence-electron chi connectivity index (χ2n) is 22.0. The van der Waals surface area contributed by atoms with Crippen molar-refractivity contribution < 1.29 is 32.9 Å². The van der Waals surface area contributed by atoms with E-state index in [9.17, 15) is 19.4 Å². The lowest BCUT2D eigenvalue weighted by molar-refractivity contribution is -0.870. The SMILES string of the molecule is CC/C=C\C/C=C\C/C=C\C/C=C\CCCCCCCCCCCCCCCCCCCCCCCCC(=O)NC(COP(=O)([O-])OCC[N+](C)(C)C)C(O)/C=C/CCCCCCCCCCCCCCC. The quantitative estimate of drug-likeness (QED) is 0.0272. The first-order chi connectivity index (χ1) is 35.0. The Labute approximate surface area is 447 Å². The molecule has 0 spiro atoms. The predicted molar refractivity (Wildman–Crippen MR) is 311 cm³/mol. The molecular formula is C63H119N2O6P. The zero-order chi connectivity index (χ0) is 52.7. The molecule has 0 fully saturated rings. The summed E-state index contributed by atoms with van der Waals surface area (Å²) in [4.78, 5) is 25.5. The number of nitrogens with one attached hydrogen (secondary N) is 1. The molecule has 422 valence electrons. The van der Waals surface area contributed by atoms with E-state index in [0.29, 0.717) is 17.4 Å². The number of likely N-dealkylation sites (N-methyl/N-ethyl adjacent to an activating group) is 1.